The van der Waals surface area contributed by atoms with E-state index in [9.17, 15) is 24.9 Å². The molecule has 154 valence electrons. The van der Waals surface area contributed by atoms with E-state index in [1.165, 1.54) is 0 Å². The Morgan fingerprint density at radius 2 is 2.00 bits per heavy atom. The van der Waals surface area contributed by atoms with Gasteiger partial charge in [-0.25, -0.2) is 0 Å². The summed E-state index contributed by atoms with van der Waals surface area (Å²) in [7, 11) is 0. The molecular formula is C22H30O6. The third-order valence-corrected chi connectivity index (χ3v) is 9.51. The molecule has 9 atom stereocenters. The summed E-state index contributed by atoms with van der Waals surface area (Å²) in [6.07, 6.45) is 3.68. The fourth-order valence-electron chi connectivity index (χ4n) is 8.10. The zero-order chi connectivity index (χ0) is 20.3. The molecule has 0 aromatic rings. The van der Waals surface area contributed by atoms with Crippen molar-refractivity contribution in [1.29, 1.82) is 0 Å². The van der Waals surface area contributed by atoms with E-state index in [0.29, 0.717) is 32.1 Å². The normalized spacial score (nSPS) is 56.9. The van der Waals surface area contributed by atoms with Crippen LogP contribution in [0.2, 0.25) is 0 Å². The molecule has 5 rings (SSSR count). The van der Waals surface area contributed by atoms with Gasteiger partial charge < -0.3 is 20.1 Å². The van der Waals surface area contributed by atoms with Gasteiger partial charge in [-0.2, -0.15) is 0 Å². The molecule has 1 spiro atoms. The summed E-state index contributed by atoms with van der Waals surface area (Å²) in [5, 5.41) is 32.0. The van der Waals surface area contributed by atoms with Crippen molar-refractivity contribution < 1.29 is 29.6 Å². The van der Waals surface area contributed by atoms with Crippen LogP contribution in [-0.4, -0.2) is 56.9 Å². The number of fused-ring (bicyclic) bond motifs is 3. The fraction of sp³-hybridized carbons (Fsp3) is 0.818. The van der Waals surface area contributed by atoms with Crippen LogP contribution in [0.3, 0.4) is 0 Å². The van der Waals surface area contributed by atoms with Crippen molar-refractivity contribution in [3.05, 3.63) is 11.6 Å². The van der Waals surface area contributed by atoms with Crippen LogP contribution in [0.15, 0.2) is 11.6 Å². The van der Waals surface area contributed by atoms with Crippen LogP contribution in [-0.2, 0) is 14.3 Å². The molecule has 0 amide bonds. The quantitative estimate of drug-likeness (QED) is 0.611. The number of epoxide rings is 1. The number of aliphatic hydroxyl groups is 3. The summed E-state index contributed by atoms with van der Waals surface area (Å²) in [5.74, 6) is -0.662. The Morgan fingerprint density at radius 3 is 2.68 bits per heavy atom. The van der Waals surface area contributed by atoms with E-state index >= 15 is 0 Å². The molecule has 4 fully saturated rings. The Morgan fingerprint density at radius 1 is 1.29 bits per heavy atom. The molecule has 3 saturated carbocycles. The maximum Gasteiger partial charge on any atom is 0.190 e. The Labute approximate surface area is 165 Å². The van der Waals surface area contributed by atoms with Gasteiger partial charge in [0.15, 0.2) is 11.6 Å². The number of carbonyl (C=O) groups is 2. The van der Waals surface area contributed by atoms with Crippen LogP contribution in [0.1, 0.15) is 52.9 Å². The van der Waals surface area contributed by atoms with Gasteiger partial charge in [0.25, 0.3) is 0 Å². The standard InChI is InChI=1S/C22H30O6/c1-11-6-13-14-8-16(25)15-7-12(24)4-5-19(15,2)22(14)18(28-22)9-20(13,3)21(11,27)17(26)10-23/h7,11,13-14,16,18,23,25,27H,4-6,8-10H2,1-3H3/t11-,13+,14+,16+,18+,19+,20+,21+,22-/m1/s1. The highest BCUT2D eigenvalue weighted by atomic mass is 16.6. The lowest BCUT2D eigenvalue weighted by atomic mass is 9.45. The average Bonchev–Trinajstić information content (AvgIpc) is 3.34. The Bertz CT molecular complexity index is 805. The summed E-state index contributed by atoms with van der Waals surface area (Å²) in [6.45, 7) is 5.30. The summed E-state index contributed by atoms with van der Waals surface area (Å²) < 4.78 is 6.42. The maximum absolute atomic E-state index is 12.6. The van der Waals surface area contributed by atoms with E-state index in [1.54, 1.807) is 6.08 Å². The molecule has 4 aliphatic carbocycles. The number of ketones is 2. The third kappa shape index (κ3) is 1.80. The van der Waals surface area contributed by atoms with Crippen LogP contribution in [0, 0.1) is 28.6 Å². The van der Waals surface area contributed by atoms with Gasteiger partial charge in [-0.1, -0.05) is 20.8 Å². The minimum Gasteiger partial charge on any atom is -0.389 e. The zero-order valence-electron chi connectivity index (χ0n) is 16.8. The SMILES string of the molecule is C[C@@H]1C[C@H]2[C@@H]3C[C@H](O)C4=CC(=O)CC[C@]4(C)[C@@]34O[C@H]4C[C@]2(C)[C@@]1(O)C(=O)CO. The molecule has 1 saturated heterocycles. The average molecular weight is 390 g/mol. The first-order valence-corrected chi connectivity index (χ1v) is 10.5. The summed E-state index contributed by atoms with van der Waals surface area (Å²) in [5.41, 5.74) is -2.27. The van der Waals surface area contributed by atoms with E-state index in [1.807, 2.05) is 13.8 Å². The summed E-state index contributed by atoms with van der Waals surface area (Å²) >= 11 is 0. The topological polar surface area (TPSA) is 107 Å². The number of aliphatic hydroxyl groups excluding tert-OH is 2. The molecular weight excluding hydrogens is 360 g/mol. The van der Waals surface area contributed by atoms with Gasteiger partial charge in [-0.05, 0) is 55.1 Å². The molecule has 0 radical (unpaired) electrons. The maximum atomic E-state index is 12.6. The number of carbonyl (C=O) groups excluding carboxylic acids is 2. The van der Waals surface area contributed by atoms with Crippen LogP contribution in [0.25, 0.3) is 0 Å². The van der Waals surface area contributed by atoms with Crippen LogP contribution in [0.5, 0.6) is 0 Å². The fourth-order valence-corrected chi connectivity index (χ4v) is 8.10. The molecule has 6 nitrogen and oxygen atoms in total. The van der Waals surface area contributed by atoms with Crippen molar-refractivity contribution in [3.8, 4) is 0 Å². The molecule has 0 aromatic carbocycles. The van der Waals surface area contributed by atoms with Crippen LogP contribution < -0.4 is 0 Å². The number of hydrogen-bond donors (Lipinski definition) is 3. The highest BCUT2D eigenvalue weighted by molar-refractivity contribution is 5.92. The van der Waals surface area contributed by atoms with E-state index < -0.39 is 35.1 Å². The second kappa shape index (κ2) is 5.34. The molecule has 0 bridgehead atoms. The largest absolute Gasteiger partial charge is 0.389 e. The number of rotatable bonds is 2. The highest BCUT2D eigenvalue weighted by Gasteiger charge is 2.82. The number of hydrogen-bond acceptors (Lipinski definition) is 6. The van der Waals surface area contributed by atoms with Gasteiger partial charge in [-0.15, -0.1) is 0 Å². The van der Waals surface area contributed by atoms with Gasteiger partial charge >= 0.3 is 0 Å². The molecule has 28 heavy (non-hydrogen) atoms. The zero-order valence-corrected chi connectivity index (χ0v) is 16.8. The molecule has 0 unspecified atom stereocenters. The van der Waals surface area contributed by atoms with Gasteiger partial charge in [0.1, 0.15) is 17.8 Å². The Hall–Kier alpha value is -1.08. The minimum atomic E-state index is -1.57. The second-order valence-corrected chi connectivity index (χ2v) is 10.4. The van der Waals surface area contributed by atoms with E-state index in [2.05, 4.69) is 6.92 Å². The summed E-state index contributed by atoms with van der Waals surface area (Å²) in [4.78, 5) is 24.7. The first kappa shape index (κ1) is 18.9. The van der Waals surface area contributed by atoms with Gasteiger partial charge in [0.05, 0.1) is 12.2 Å². The van der Waals surface area contributed by atoms with Crippen molar-refractivity contribution >= 4 is 11.6 Å². The second-order valence-electron chi connectivity index (χ2n) is 10.4. The number of ether oxygens (including phenoxy) is 1. The molecule has 0 aromatic heterocycles. The van der Waals surface area contributed by atoms with Crippen molar-refractivity contribution in [1.82, 2.24) is 0 Å². The predicted molar refractivity (Wildman–Crippen MR) is 99.2 cm³/mol. The summed E-state index contributed by atoms with van der Waals surface area (Å²) in [6, 6.07) is 0. The lowest BCUT2D eigenvalue weighted by molar-refractivity contribution is -0.167. The highest BCUT2D eigenvalue weighted by Crippen LogP contribution is 2.76. The molecule has 1 heterocycles. The molecule has 1 aliphatic heterocycles. The Kier molecular flexibility index (Phi) is 3.61. The minimum absolute atomic E-state index is 0.0181. The van der Waals surface area contributed by atoms with Crippen molar-refractivity contribution in [2.24, 2.45) is 28.6 Å². The molecule has 3 N–H and O–H groups in total. The molecule has 5 aliphatic rings. The van der Waals surface area contributed by atoms with Crippen LogP contribution >= 0.6 is 0 Å². The molecule has 6 heteroatoms. The van der Waals surface area contributed by atoms with Gasteiger partial charge in [0, 0.05) is 17.3 Å². The Balaban J connectivity index is 1.62. The first-order valence-electron chi connectivity index (χ1n) is 10.5. The van der Waals surface area contributed by atoms with Crippen molar-refractivity contribution in [2.45, 2.75) is 76.3 Å². The van der Waals surface area contributed by atoms with Crippen molar-refractivity contribution in [3.63, 3.8) is 0 Å². The lowest BCUT2D eigenvalue weighted by Crippen LogP contribution is -2.64. The monoisotopic (exact) mass is 390 g/mol. The van der Waals surface area contributed by atoms with Crippen molar-refractivity contribution in [2.75, 3.05) is 6.61 Å². The van der Waals surface area contributed by atoms with Gasteiger partial charge in [0.2, 0.25) is 0 Å². The van der Waals surface area contributed by atoms with E-state index in [-0.39, 0.29) is 35.1 Å². The lowest BCUT2D eigenvalue weighted by Gasteiger charge is -2.57. The first-order chi connectivity index (χ1) is 13.1. The van der Waals surface area contributed by atoms with Gasteiger partial charge in [-0.3, -0.25) is 9.59 Å². The predicted octanol–water partition coefficient (Wildman–Crippen LogP) is 1.16. The van der Waals surface area contributed by atoms with Crippen LogP contribution in [0.4, 0.5) is 0 Å². The number of Topliss-reactive ketones (excluding diaryl/α,β-unsaturated/α-hetero) is 1. The van der Waals surface area contributed by atoms with E-state index in [4.69, 9.17) is 4.74 Å². The third-order valence-electron chi connectivity index (χ3n) is 9.51. The van der Waals surface area contributed by atoms with E-state index in [0.717, 1.165) is 5.57 Å². The smallest absolute Gasteiger partial charge is 0.190 e.